The number of carbonyl (C=O) groups excluding carboxylic acids is 1. The molecule has 15 heavy (non-hydrogen) atoms. The summed E-state index contributed by atoms with van der Waals surface area (Å²) in [6.45, 7) is 0. The zero-order valence-electron chi connectivity index (χ0n) is 8.40. The summed E-state index contributed by atoms with van der Waals surface area (Å²) in [5, 5.41) is 0.969. The molecule has 0 saturated carbocycles. The molecule has 2 N–H and O–H groups in total. The molecule has 1 heterocycles. The molecule has 0 fully saturated rings. The minimum Gasteiger partial charge on any atom is -0.292 e. The first-order valence-corrected chi connectivity index (χ1v) is 6.81. The summed E-state index contributed by atoms with van der Waals surface area (Å²) in [6, 6.07) is 5.78. The summed E-state index contributed by atoms with van der Waals surface area (Å²) >= 11 is 0. The van der Waals surface area contributed by atoms with Crippen molar-refractivity contribution in [2.24, 2.45) is 0 Å². The summed E-state index contributed by atoms with van der Waals surface area (Å²) in [5.41, 5.74) is 5.12. The van der Waals surface area contributed by atoms with Gasteiger partial charge >= 0.3 is 0 Å². The van der Waals surface area contributed by atoms with Gasteiger partial charge in [-0.1, -0.05) is 16.9 Å². The summed E-state index contributed by atoms with van der Waals surface area (Å²) in [5.74, 6) is 0.779. The van der Waals surface area contributed by atoms with Crippen LogP contribution in [0.25, 0.3) is 0 Å². The lowest BCUT2D eigenvalue weighted by atomic mass is 10.5. The predicted molar refractivity (Wildman–Crippen MR) is 64.4 cm³/mol. The molecule has 0 aliphatic carbocycles. The van der Waals surface area contributed by atoms with Crippen LogP contribution in [-0.2, 0) is 4.79 Å². The van der Waals surface area contributed by atoms with Crippen LogP contribution in [0.15, 0.2) is 29.4 Å². The lowest BCUT2D eigenvalue weighted by Gasteiger charge is -2.01. The van der Waals surface area contributed by atoms with Gasteiger partial charge in [-0.2, -0.15) is 0 Å². The van der Waals surface area contributed by atoms with Crippen molar-refractivity contribution >= 4 is 27.5 Å². The molecule has 82 valence electrons. The predicted octanol–water partition coefficient (Wildman–Crippen LogP) is 1.46. The Hall–Kier alpha value is -0.720. The van der Waals surface area contributed by atoms with E-state index in [2.05, 4.69) is 15.8 Å². The number of nitrogens with zero attached hydrogens (tertiary/aromatic N) is 1. The van der Waals surface area contributed by atoms with E-state index in [1.807, 2.05) is 18.2 Å². The van der Waals surface area contributed by atoms with Crippen molar-refractivity contribution < 1.29 is 4.79 Å². The normalized spacial score (nSPS) is 9.93. The van der Waals surface area contributed by atoms with E-state index >= 15 is 0 Å². The summed E-state index contributed by atoms with van der Waals surface area (Å²) in [6.07, 6.45) is 2.27. The lowest BCUT2D eigenvalue weighted by Crippen LogP contribution is -2.34. The van der Waals surface area contributed by atoms with Crippen molar-refractivity contribution in [2.75, 3.05) is 12.8 Å². The van der Waals surface area contributed by atoms with Crippen LogP contribution >= 0.6 is 21.6 Å². The topological polar surface area (TPSA) is 54.0 Å². The number of carbonyl (C=O) groups is 1. The third-order valence-electron chi connectivity index (χ3n) is 1.46. The van der Waals surface area contributed by atoms with Crippen LogP contribution in [-0.4, -0.2) is 23.7 Å². The van der Waals surface area contributed by atoms with E-state index in [1.165, 1.54) is 0 Å². The first-order valence-electron chi connectivity index (χ1n) is 4.49. The maximum absolute atomic E-state index is 11.0. The Morgan fingerprint density at radius 2 is 2.40 bits per heavy atom. The number of aromatic nitrogens is 1. The van der Waals surface area contributed by atoms with Crippen molar-refractivity contribution in [3.63, 3.8) is 0 Å². The van der Waals surface area contributed by atoms with Crippen LogP contribution in [0.1, 0.15) is 6.42 Å². The number of amides is 1. The molecule has 0 spiro atoms. The molecular formula is C9H13N3OS2. The van der Waals surface area contributed by atoms with Gasteiger partial charge in [0.2, 0.25) is 5.91 Å². The fourth-order valence-corrected chi connectivity index (χ4v) is 2.70. The summed E-state index contributed by atoms with van der Waals surface area (Å²) in [7, 11) is 4.89. The van der Waals surface area contributed by atoms with Gasteiger partial charge < -0.3 is 0 Å². The maximum atomic E-state index is 11.0. The van der Waals surface area contributed by atoms with Crippen LogP contribution in [0.4, 0.5) is 0 Å². The van der Waals surface area contributed by atoms with Crippen LogP contribution in [0.3, 0.4) is 0 Å². The Bertz CT molecular complexity index is 295. The molecule has 0 radical (unpaired) electrons. The molecule has 0 aliphatic heterocycles. The molecule has 0 aliphatic rings. The van der Waals surface area contributed by atoms with Crippen molar-refractivity contribution in [3.8, 4) is 0 Å². The van der Waals surface area contributed by atoms with E-state index in [0.29, 0.717) is 6.42 Å². The first kappa shape index (κ1) is 12.4. The Morgan fingerprint density at radius 3 is 3.07 bits per heavy atom. The van der Waals surface area contributed by atoms with E-state index < -0.39 is 0 Å². The smallest absolute Gasteiger partial charge is 0.234 e. The molecular weight excluding hydrogens is 230 g/mol. The average Bonchev–Trinajstić information content (AvgIpc) is 2.26. The van der Waals surface area contributed by atoms with E-state index in [0.717, 1.165) is 10.8 Å². The molecule has 4 nitrogen and oxygen atoms in total. The Kier molecular flexibility index (Phi) is 6.22. The molecule has 1 aromatic rings. The van der Waals surface area contributed by atoms with Gasteiger partial charge in [-0.05, 0) is 22.9 Å². The van der Waals surface area contributed by atoms with Crippen LogP contribution < -0.4 is 10.9 Å². The fraction of sp³-hybridized carbons (Fsp3) is 0.333. The van der Waals surface area contributed by atoms with Gasteiger partial charge in [0.1, 0.15) is 5.03 Å². The Balaban J connectivity index is 2.10. The maximum Gasteiger partial charge on any atom is 0.234 e. The number of hydrogen-bond acceptors (Lipinski definition) is 5. The van der Waals surface area contributed by atoms with Gasteiger partial charge in [0, 0.05) is 25.4 Å². The van der Waals surface area contributed by atoms with Gasteiger partial charge in [0.25, 0.3) is 0 Å². The van der Waals surface area contributed by atoms with Gasteiger partial charge in [-0.25, -0.2) is 10.4 Å². The monoisotopic (exact) mass is 243 g/mol. The van der Waals surface area contributed by atoms with Crippen LogP contribution in [0, 0.1) is 0 Å². The van der Waals surface area contributed by atoms with Crippen LogP contribution in [0.2, 0.25) is 0 Å². The standard InChI is InChI=1S/C9H13N3OS2/c1-10-12-8(13)5-7-14-15-9-4-2-3-6-11-9/h2-4,6,10H,5,7H2,1H3,(H,12,13). The molecule has 0 unspecified atom stereocenters. The largest absolute Gasteiger partial charge is 0.292 e. The number of nitrogens with one attached hydrogen (secondary N) is 2. The third-order valence-corrected chi connectivity index (χ3v) is 3.73. The third kappa shape index (κ3) is 5.66. The van der Waals surface area contributed by atoms with Crippen molar-refractivity contribution in [2.45, 2.75) is 11.4 Å². The second kappa shape index (κ2) is 7.56. The summed E-state index contributed by atoms with van der Waals surface area (Å²) in [4.78, 5) is 15.2. The number of hydrazine groups is 1. The quantitative estimate of drug-likeness (QED) is 0.450. The second-order valence-electron chi connectivity index (χ2n) is 2.62. The molecule has 0 atom stereocenters. The van der Waals surface area contributed by atoms with Gasteiger partial charge in [-0.15, -0.1) is 0 Å². The highest BCUT2D eigenvalue weighted by atomic mass is 33.1. The van der Waals surface area contributed by atoms with Crippen molar-refractivity contribution in [3.05, 3.63) is 24.4 Å². The van der Waals surface area contributed by atoms with Crippen LogP contribution in [0.5, 0.6) is 0 Å². The molecule has 0 aromatic carbocycles. The number of pyridine rings is 1. The number of hydrogen-bond donors (Lipinski definition) is 2. The molecule has 0 bridgehead atoms. The van der Waals surface area contributed by atoms with Gasteiger partial charge in [0.15, 0.2) is 0 Å². The number of rotatable bonds is 6. The lowest BCUT2D eigenvalue weighted by molar-refractivity contribution is -0.121. The zero-order valence-corrected chi connectivity index (χ0v) is 10.0. The van der Waals surface area contributed by atoms with Gasteiger partial charge in [0.05, 0.1) is 0 Å². The summed E-state index contributed by atoms with van der Waals surface area (Å²) < 4.78 is 0. The highest BCUT2D eigenvalue weighted by molar-refractivity contribution is 8.76. The second-order valence-corrected chi connectivity index (χ2v) is 5.06. The molecule has 1 rings (SSSR count). The van der Waals surface area contributed by atoms with E-state index in [1.54, 1.807) is 34.8 Å². The van der Waals surface area contributed by atoms with Gasteiger partial charge in [-0.3, -0.25) is 10.2 Å². The molecule has 1 aromatic heterocycles. The van der Waals surface area contributed by atoms with Crippen molar-refractivity contribution in [1.82, 2.24) is 15.8 Å². The van der Waals surface area contributed by atoms with E-state index in [9.17, 15) is 4.79 Å². The van der Waals surface area contributed by atoms with E-state index in [4.69, 9.17) is 0 Å². The average molecular weight is 243 g/mol. The first-order chi connectivity index (χ1) is 7.33. The molecule has 1 amide bonds. The van der Waals surface area contributed by atoms with E-state index in [-0.39, 0.29) is 5.91 Å². The minimum atomic E-state index is 0.00613. The minimum absolute atomic E-state index is 0.00613. The Morgan fingerprint density at radius 1 is 1.53 bits per heavy atom. The highest BCUT2D eigenvalue weighted by Crippen LogP contribution is 2.29. The highest BCUT2D eigenvalue weighted by Gasteiger charge is 2.00. The fourth-order valence-electron chi connectivity index (χ4n) is 0.835. The Labute approximate surface area is 97.0 Å². The molecule has 0 saturated heterocycles. The van der Waals surface area contributed by atoms with Crippen molar-refractivity contribution in [1.29, 1.82) is 0 Å². The zero-order chi connectivity index (χ0) is 10.9. The SMILES string of the molecule is CNNC(=O)CCSSc1ccccn1. The molecule has 6 heteroatoms.